The largest absolute Gasteiger partial charge is 0.416 e. The summed E-state index contributed by atoms with van der Waals surface area (Å²) in [6.45, 7) is 32.5. The number of hydrogen-bond acceptors (Lipinski definition) is 3. The van der Waals surface area contributed by atoms with Gasteiger partial charge in [-0.3, -0.25) is 0 Å². The smallest absolute Gasteiger partial charge is 0.204 e. The van der Waals surface area contributed by atoms with E-state index in [-0.39, 0.29) is 21.6 Å². The zero-order chi connectivity index (χ0) is 21.8. The van der Waals surface area contributed by atoms with Gasteiger partial charge >= 0.3 is 0 Å². The summed E-state index contributed by atoms with van der Waals surface area (Å²) < 4.78 is 20.1. The Bertz CT molecular complexity index is 457. The van der Waals surface area contributed by atoms with Crippen molar-refractivity contribution in [3.05, 3.63) is 0 Å². The van der Waals surface area contributed by atoms with Gasteiger partial charge in [0, 0.05) is 16.4 Å². The molecule has 27 heavy (non-hydrogen) atoms. The van der Waals surface area contributed by atoms with Crippen LogP contribution in [0.2, 0.25) is 50.9 Å². The second-order valence-electron chi connectivity index (χ2n) is 10.4. The SMILES string of the molecule is CCC(C)(O[Si](C)(C)[C@](C)(CC)C(C)O[SiH](C)C(C)(C)O[SiH](C)C)[SiH](C)C. The fourth-order valence-electron chi connectivity index (χ4n) is 3.82. The summed E-state index contributed by atoms with van der Waals surface area (Å²) in [5, 5.41) is 0.0402. The molecular formula is C20H50O3Si4. The molecule has 7 heteroatoms. The Balaban J connectivity index is 5.54. The van der Waals surface area contributed by atoms with Gasteiger partial charge in [-0.2, -0.15) is 0 Å². The molecule has 0 heterocycles. The molecule has 0 saturated carbocycles. The zero-order valence-corrected chi connectivity index (χ0v) is 25.4. The van der Waals surface area contributed by atoms with Crippen LogP contribution in [-0.2, 0) is 13.3 Å². The lowest BCUT2D eigenvalue weighted by Crippen LogP contribution is -2.58. The Morgan fingerprint density at radius 3 is 1.70 bits per heavy atom. The second kappa shape index (κ2) is 10.2. The van der Waals surface area contributed by atoms with Crippen molar-refractivity contribution >= 4 is 35.2 Å². The van der Waals surface area contributed by atoms with Gasteiger partial charge in [0.15, 0.2) is 17.4 Å². The lowest BCUT2D eigenvalue weighted by atomic mass is 10.0. The molecule has 4 atom stereocenters. The van der Waals surface area contributed by atoms with E-state index in [0.29, 0.717) is 0 Å². The molecule has 0 aromatic carbocycles. The van der Waals surface area contributed by atoms with Gasteiger partial charge in [0.2, 0.25) is 9.04 Å². The van der Waals surface area contributed by atoms with Crippen molar-refractivity contribution in [2.75, 3.05) is 0 Å². The summed E-state index contributed by atoms with van der Waals surface area (Å²) in [6.07, 6.45) is 2.39. The summed E-state index contributed by atoms with van der Waals surface area (Å²) in [5.41, 5.74) is 0. The first-order valence-corrected chi connectivity index (χ1v) is 21.8. The molecule has 0 radical (unpaired) electrons. The van der Waals surface area contributed by atoms with Gasteiger partial charge in [-0.05, 0) is 73.3 Å². The molecule has 0 aliphatic rings. The quantitative estimate of drug-likeness (QED) is 0.359. The van der Waals surface area contributed by atoms with E-state index in [1.165, 1.54) is 0 Å². The Kier molecular flexibility index (Phi) is 10.5. The molecular weight excluding hydrogens is 401 g/mol. The normalized spacial score (nSPS) is 20.4. The van der Waals surface area contributed by atoms with Gasteiger partial charge < -0.3 is 13.3 Å². The molecule has 0 spiro atoms. The van der Waals surface area contributed by atoms with Crippen molar-refractivity contribution in [1.29, 1.82) is 0 Å². The summed E-state index contributed by atoms with van der Waals surface area (Å²) in [6, 6.07) is 0. The average Bonchev–Trinajstić information content (AvgIpc) is 2.51. The van der Waals surface area contributed by atoms with E-state index in [2.05, 4.69) is 94.3 Å². The van der Waals surface area contributed by atoms with Crippen LogP contribution in [0.4, 0.5) is 0 Å². The first-order chi connectivity index (χ1) is 12.0. The fraction of sp³-hybridized carbons (Fsp3) is 1.00. The molecule has 0 rings (SSSR count). The molecule has 3 nitrogen and oxygen atoms in total. The molecule has 0 fully saturated rings. The lowest BCUT2D eigenvalue weighted by Gasteiger charge is -2.51. The van der Waals surface area contributed by atoms with Crippen molar-refractivity contribution in [2.45, 2.75) is 129 Å². The molecule has 0 aliphatic heterocycles. The van der Waals surface area contributed by atoms with Crippen molar-refractivity contribution in [3.63, 3.8) is 0 Å². The third-order valence-corrected chi connectivity index (χ3v) is 19.3. The third-order valence-electron chi connectivity index (χ3n) is 7.35. The summed E-state index contributed by atoms with van der Waals surface area (Å²) in [5.74, 6) is 0. The highest BCUT2D eigenvalue weighted by molar-refractivity contribution is 6.75. The van der Waals surface area contributed by atoms with Crippen LogP contribution in [0.25, 0.3) is 0 Å². The van der Waals surface area contributed by atoms with E-state index in [9.17, 15) is 0 Å². The Morgan fingerprint density at radius 2 is 1.37 bits per heavy atom. The molecule has 0 saturated heterocycles. The molecule has 0 aromatic rings. The monoisotopic (exact) mass is 450 g/mol. The van der Waals surface area contributed by atoms with Crippen LogP contribution in [-0.4, -0.2) is 51.7 Å². The molecule has 0 aromatic heterocycles. The molecule has 3 unspecified atom stereocenters. The predicted octanol–water partition coefficient (Wildman–Crippen LogP) is 5.65. The van der Waals surface area contributed by atoms with E-state index in [1.807, 2.05) is 0 Å². The van der Waals surface area contributed by atoms with Crippen LogP contribution < -0.4 is 0 Å². The minimum absolute atomic E-state index is 0.0700. The fourth-order valence-corrected chi connectivity index (χ4v) is 14.1. The standard InChI is InChI=1S/C20H50O3Si4/c1-15-19(6,27(13,14)23-20(7,16-2)24(8)9)17(3)21-26(12)18(4,5)22-25(10)11/h17,24-26H,15-16H2,1-14H3/t17?,19-,20?,26?/m1/s1. The van der Waals surface area contributed by atoms with Crippen molar-refractivity contribution in [1.82, 2.24) is 0 Å². The minimum Gasteiger partial charge on any atom is -0.416 e. The molecule has 0 N–H and O–H groups in total. The van der Waals surface area contributed by atoms with Crippen LogP contribution in [0.3, 0.4) is 0 Å². The van der Waals surface area contributed by atoms with E-state index in [0.717, 1.165) is 12.8 Å². The van der Waals surface area contributed by atoms with Gasteiger partial charge in [0.1, 0.15) is 0 Å². The molecule has 0 aliphatic carbocycles. The third kappa shape index (κ3) is 6.89. The highest BCUT2D eigenvalue weighted by Crippen LogP contribution is 2.48. The van der Waals surface area contributed by atoms with Gasteiger partial charge in [0.05, 0.1) is 14.0 Å². The highest BCUT2D eigenvalue weighted by Gasteiger charge is 2.52. The molecule has 0 amide bonds. The Labute approximate surface area is 177 Å². The van der Waals surface area contributed by atoms with Crippen LogP contribution >= 0.6 is 0 Å². The van der Waals surface area contributed by atoms with Crippen LogP contribution in [0.15, 0.2) is 0 Å². The summed E-state index contributed by atoms with van der Waals surface area (Å²) >= 11 is 0. The first-order valence-electron chi connectivity index (χ1n) is 11.0. The zero-order valence-electron chi connectivity index (χ0n) is 20.9. The van der Waals surface area contributed by atoms with Gasteiger partial charge in [-0.15, -0.1) is 0 Å². The van der Waals surface area contributed by atoms with E-state index in [4.69, 9.17) is 13.3 Å². The van der Waals surface area contributed by atoms with Crippen LogP contribution in [0.5, 0.6) is 0 Å². The average molecular weight is 451 g/mol. The summed E-state index contributed by atoms with van der Waals surface area (Å²) in [7, 11) is -5.50. The van der Waals surface area contributed by atoms with E-state index < -0.39 is 35.2 Å². The Morgan fingerprint density at radius 1 is 0.889 bits per heavy atom. The van der Waals surface area contributed by atoms with Gasteiger partial charge in [-0.1, -0.05) is 33.9 Å². The van der Waals surface area contributed by atoms with E-state index in [1.54, 1.807) is 0 Å². The predicted molar refractivity (Wildman–Crippen MR) is 132 cm³/mol. The second-order valence-corrected chi connectivity index (χ2v) is 23.6. The molecule has 164 valence electrons. The molecule has 0 bridgehead atoms. The maximum absolute atomic E-state index is 7.06. The highest BCUT2D eigenvalue weighted by atomic mass is 28.4. The number of hydrogen-bond donors (Lipinski definition) is 0. The van der Waals surface area contributed by atoms with Crippen molar-refractivity contribution in [3.8, 4) is 0 Å². The minimum atomic E-state index is -2.00. The van der Waals surface area contributed by atoms with Crippen molar-refractivity contribution < 1.29 is 13.3 Å². The first kappa shape index (κ1) is 27.7. The number of rotatable bonds is 12. The maximum Gasteiger partial charge on any atom is 0.204 e. The topological polar surface area (TPSA) is 27.7 Å². The summed E-state index contributed by atoms with van der Waals surface area (Å²) in [4.78, 5) is 0. The van der Waals surface area contributed by atoms with Gasteiger partial charge in [-0.25, -0.2) is 0 Å². The van der Waals surface area contributed by atoms with Crippen LogP contribution in [0, 0.1) is 0 Å². The van der Waals surface area contributed by atoms with Gasteiger partial charge in [0.25, 0.3) is 0 Å². The Hall–Kier alpha value is 0.748. The van der Waals surface area contributed by atoms with Crippen molar-refractivity contribution in [2.24, 2.45) is 0 Å². The van der Waals surface area contributed by atoms with Crippen LogP contribution in [0.1, 0.15) is 61.3 Å². The lowest BCUT2D eigenvalue weighted by molar-refractivity contribution is 0.0860. The maximum atomic E-state index is 7.06. The van der Waals surface area contributed by atoms with E-state index >= 15 is 0 Å².